The van der Waals surface area contributed by atoms with Crippen LogP contribution in [0.2, 0.25) is 0 Å². The average Bonchev–Trinajstić information content (AvgIpc) is 3.21. The van der Waals surface area contributed by atoms with Crippen LogP contribution < -0.4 is 4.90 Å². The van der Waals surface area contributed by atoms with Crippen molar-refractivity contribution >= 4 is 17.2 Å². The molecular formula is C18H23N3O2S. The van der Waals surface area contributed by atoms with Crippen LogP contribution in [-0.4, -0.2) is 41.4 Å². The summed E-state index contributed by atoms with van der Waals surface area (Å²) in [5.74, 6) is 1.07. The van der Waals surface area contributed by atoms with Crippen LogP contribution in [0.4, 0.5) is 5.82 Å². The van der Waals surface area contributed by atoms with E-state index in [9.17, 15) is 0 Å². The van der Waals surface area contributed by atoms with Crippen LogP contribution >= 0.6 is 11.3 Å². The molecule has 2 fully saturated rings. The van der Waals surface area contributed by atoms with Crippen molar-refractivity contribution in [2.45, 2.75) is 51.0 Å². The van der Waals surface area contributed by atoms with Crippen molar-refractivity contribution in [1.29, 1.82) is 0 Å². The number of thiazole rings is 1. The summed E-state index contributed by atoms with van der Waals surface area (Å²) in [6, 6.07) is 6.56. The quantitative estimate of drug-likeness (QED) is 0.833. The number of fused-ring (bicyclic) bond motifs is 1. The van der Waals surface area contributed by atoms with E-state index >= 15 is 0 Å². The summed E-state index contributed by atoms with van der Waals surface area (Å²) in [5.41, 5.74) is 1.02. The zero-order valence-corrected chi connectivity index (χ0v) is 14.7. The van der Waals surface area contributed by atoms with Gasteiger partial charge in [-0.2, -0.15) is 0 Å². The Bertz CT molecular complexity index is 663. The van der Waals surface area contributed by atoms with Crippen molar-refractivity contribution in [3.63, 3.8) is 0 Å². The van der Waals surface area contributed by atoms with Gasteiger partial charge < -0.3 is 14.4 Å². The van der Waals surface area contributed by atoms with Crippen molar-refractivity contribution in [3.05, 3.63) is 40.5 Å². The van der Waals surface area contributed by atoms with Gasteiger partial charge in [0.05, 0.1) is 42.2 Å². The second-order valence-corrected chi connectivity index (χ2v) is 7.55. The van der Waals surface area contributed by atoms with Gasteiger partial charge in [-0.3, -0.25) is 0 Å². The Labute approximate surface area is 146 Å². The standard InChI is InChI=1S/C18H23N3O2S/c1-13-20-14(12-24-13)10-22-11-15-5-6-16-17(23-15)7-9-21(16)18-4-2-3-8-19-18/h2-4,8,12,15-17H,5-7,9-11H2,1H3/t15-,16+,17+/m1/s1. The monoisotopic (exact) mass is 345 g/mol. The highest BCUT2D eigenvalue weighted by atomic mass is 32.1. The van der Waals surface area contributed by atoms with Crippen LogP contribution in [0.1, 0.15) is 30.0 Å². The third-order valence-electron chi connectivity index (χ3n) is 4.80. The van der Waals surface area contributed by atoms with Crippen LogP contribution in [0.25, 0.3) is 0 Å². The van der Waals surface area contributed by atoms with Gasteiger partial charge in [-0.05, 0) is 38.3 Å². The molecule has 24 heavy (non-hydrogen) atoms. The molecule has 0 amide bonds. The Morgan fingerprint density at radius 1 is 1.33 bits per heavy atom. The minimum Gasteiger partial charge on any atom is -0.372 e. The summed E-state index contributed by atoms with van der Waals surface area (Å²) < 4.78 is 12.1. The van der Waals surface area contributed by atoms with Crippen LogP contribution in [0.15, 0.2) is 29.8 Å². The van der Waals surface area contributed by atoms with E-state index in [1.807, 2.05) is 19.2 Å². The number of anilines is 1. The van der Waals surface area contributed by atoms with Crippen molar-refractivity contribution in [3.8, 4) is 0 Å². The number of aromatic nitrogens is 2. The van der Waals surface area contributed by atoms with Crippen molar-refractivity contribution in [2.75, 3.05) is 18.1 Å². The molecule has 2 aliphatic rings. The molecule has 2 saturated heterocycles. The minimum absolute atomic E-state index is 0.203. The zero-order chi connectivity index (χ0) is 16.4. The van der Waals surface area contributed by atoms with Gasteiger partial charge in [0.15, 0.2) is 0 Å². The predicted molar refractivity (Wildman–Crippen MR) is 94.4 cm³/mol. The molecule has 4 rings (SSSR count). The molecule has 0 saturated carbocycles. The number of nitrogens with zero attached hydrogens (tertiary/aromatic N) is 3. The summed E-state index contributed by atoms with van der Waals surface area (Å²) in [6.07, 6.45) is 5.63. The lowest BCUT2D eigenvalue weighted by Gasteiger charge is -2.36. The smallest absolute Gasteiger partial charge is 0.128 e. The van der Waals surface area contributed by atoms with Crippen LogP contribution in [-0.2, 0) is 16.1 Å². The maximum Gasteiger partial charge on any atom is 0.128 e. The normalized spacial score (nSPS) is 26.5. The number of hydrogen-bond donors (Lipinski definition) is 0. The Hall–Kier alpha value is -1.50. The van der Waals surface area contributed by atoms with Gasteiger partial charge in [0, 0.05) is 18.1 Å². The van der Waals surface area contributed by atoms with Gasteiger partial charge in [-0.1, -0.05) is 6.07 Å². The second kappa shape index (κ2) is 7.17. The minimum atomic E-state index is 0.203. The third-order valence-corrected chi connectivity index (χ3v) is 5.62. The van der Waals surface area contributed by atoms with E-state index < -0.39 is 0 Å². The van der Waals surface area contributed by atoms with E-state index in [1.165, 1.54) is 0 Å². The number of aryl methyl sites for hydroxylation is 1. The van der Waals surface area contributed by atoms with E-state index in [-0.39, 0.29) is 6.10 Å². The highest BCUT2D eigenvalue weighted by molar-refractivity contribution is 7.09. The summed E-state index contributed by atoms with van der Waals surface area (Å²) in [5, 5.41) is 3.15. The predicted octanol–water partition coefficient (Wildman–Crippen LogP) is 3.19. The van der Waals surface area contributed by atoms with E-state index in [1.54, 1.807) is 11.3 Å². The lowest BCUT2D eigenvalue weighted by molar-refractivity contribution is -0.0891. The first kappa shape index (κ1) is 16.0. The molecule has 128 valence electrons. The maximum atomic E-state index is 6.29. The number of rotatable bonds is 5. The zero-order valence-electron chi connectivity index (χ0n) is 13.9. The fourth-order valence-electron chi connectivity index (χ4n) is 3.70. The van der Waals surface area contributed by atoms with E-state index in [0.29, 0.717) is 25.4 Å². The Morgan fingerprint density at radius 2 is 2.29 bits per heavy atom. The molecule has 0 aromatic carbocycles. The summed E-state index contributed by atoms with van der Waals surface area (Å²) in [6.45, 7) is 4.28. The molecular weight excluding hydrogens is 322 g/mol. The molecule has 5 nitrogen and oxygen atoms in total. The molecule has 3 atom stereocenters. The molecule has 0 radical (unpaired) electrons. The fourth-order valence-corrected chi connectivity index (χ4v) is 4.30. The lowest BCUT2D eigenvalue weighted by Crippen LogP contribution is -2.44. The Morgan fingerprint density at radius 3 is 3.08 bits per heavy atom. The second-order valence-electron chi connectivity index (χ2n) is 6.48. The summed E-state index contributed by atoms with van der Waals surface area (Å²) in [4.78, 5) is 11.3. The largest absolute Gasteiger partial charge is 0.372 e. The van der Waals surface area contributed by atoms with Gasteiger partial charge in [-0.15, -0.1) is 11.3 Å². The maximum absolute atomic E-state index is 6.29. The van der Waals surface area contributed by atoms with Crippen molar-refractivity contribution in [2.24, 2.45) is 0 Å². The number of pyridine rings is 1. The highest BCUT2D eigenvalue weighted by Gasteiger charge is 2.40. The van der Waals surface area contributed by atoms with Gasteiger partial charge >= 0.3 is 0 Å². The summed E-state index contributed by atoms with van der Waals surface area (Å²) >= 11 is 1.67. The molecule has 0 bridgehead atoms. The molecule has 0 spiro atoms. The van der Waals surface area contributed by atoms with Gasteiger partial charge in [0.2, 0.25) is 0 Å². The number of hydrogen-bond acceptors (Lipinski definition) is 6. The van der Waals surface area contributed by atoms with Crippen LogP contribution in [0, 0.1) is 6.92 Å². The first-order valence-corrected chi connectivity index (χ1v) is 9.49. The molecule has 6 heteroatoms. The lowest BCUT2D eigenvalue weighted by atomic mass is 9.99. The fraction of sp³-hybridized carbons (Fsp3) is 0.556. The molecule has 2 aromatic rings. The average molecular weight is 345 g/mol. The van der Waals surface area contributed by atoms with Gasteiger partial charge in [-0.25, -0.2) is 9.97 Å². The first-order chi connectivity index (χ1) is 11.8. The molecule has 0 unspecified atom stereocenters. The SMILES string of the molecule is Cc1nc(COC[C@H]2CC[C@H]3[C@H](CCN3c3ccccn3)O2)cs1. The Kier molecular flexibility index (Phi) is 4.78. The van der Waals surface area contributed by atoms with E-state index in [2.05, 4.69) is 32.4 Å². The molecule has 0 N–H and O–H groups in total. The van der Waals surface area contributed by atoms with Crippen LogP contribution in [0.5, 0.6) is 0 Å². The molecule has 2 aromatic heterocycles. The number of ether oxygens (including phenoxy) is 2. The third kappa shape index (κ3) is 3.45. The summed E-state index contributed by atoms with van der Waals surface area (Å²) in [7, 11) is 0. The van der Waals surface area contributed by atoms with E-state index in [0.717, 1.165) is 42.3 Å². The first-order valence-electron chi connectivity index (χ1n) is 8.61. The van der Waals surface area contributed by atoms with Crippen LogP contribution in [0.3, 0.4) is 0 Å². The topological polar surface area (TPSA) is 47.5 Å². The molecule has 4 heterocycles. The molecule has 0 aliphatic carbocycles. The van der Waals surface area contributed by atoms with Gasteiger partial charge in [0.1, 0.15) is 5.82 Å². The van der Waals surface area contributed by atoms with E-state index in [4.69, 9.17) is 9.47 Å². The van der Waals surface area contributed by atoms with Crippen molar-refractivity contribution < 1.29 is 9.47 Å². The molecule has 2 aliphatic heterocycles. The van der Waals surface area contributed by atoms with Crippen molar-refractivity contribution in [1.82, 2.24) is 9.97 Å². The Balaban J connectivity index is 1.28. The van der Waals surface area contributed by atoms with Gasteiger partial charge in [0.25, 0.3) is 0 Å². The highest BCUT2D eigenvalue weighted by Crippen LogP contribution is 2.34.